The first kappa shape index (κ1) is 15.9. The van der Waals surface area contributed by atoms with E-state index in [0.29, 0.717) is 6.42 Å². The van der Waals surface area contributed by atoms with Crippen LogP contribution in [0.3, 0.4) is 0 Å². The molecule has 0 aliphatic carbocycles. The van der Waals surface area contributed by atoms with Crippen molar-refractivity contribution in [3.63, 3.8) is 0 Å². The third-order valence-corrected chi connectivity index (χ3v) is 5.06. The summed E-state index contributed by atoms with van der Waals surface area (Å²) < 4.78 is 37.8. The maximum atomic E-state index is 12.6. The van der Waals surface area contributed by atoms with Gasteiger partial charge in [-0.05, 0) is 36.2 Å². The average Bonchev–Trinajstić information content (AvgIpc) is 2.52. The molecule has 2 nitrogen and oxygen atoms in total. The summed E-state index contributed by atoms with van der Waals surface area (Å²) in [4.78, 5) is 15.1. The van der Waals surface area contributed by atoms with Gasteiger partial charge in [0, 0.05) is 11.9 Å². The Hall–Kier alpha value is -1.95. The van der Waals surface area contributed by atoms with Crippen molar-refractivity contribution >= 4 is 23.4 Å². The van der Waals surface area contributed by atoms with Gasteiger partial charge in [0.1, 0.15) is 0 Å². The Morgan fingerprint density at radius 1 is 1.09 bits per heavy atom. The summed E-state index contributed by atoms with van der Waals surface area (Å²) in [7, 11) is 1.72. The molecule has 0 spiro atoms. The summed E-state index contributed by atoms with van der Waals surface area (Å²) in [6, 6.07) is 12.6. The van der Waals surface area contributed by atoms with Crippen LogP contribution in [-0.4, -0.2) is 18.2 Å². The molecule has 0 aromatic heterocycles. The number of halogens is 3. The normalized spacial score (nSPS) is 18.0. The van der Waals surface area contributed by atoms with Crippen LogP contribution in [0.25, 0.3) is 0 Å². The van der Waals surface area contributed by atoms with Crippen LogP contribution in [0.1, 0.15) is 11.1 Å². The van der Waals surface area contributed by atoms with E-state index < -0.39 is 11.7 Å². The predicted molar refractivity (Wildman–Crippen MR) is 84.6 cm³/mol. The summed E-state index contributed by atoms with van der Waals surface area (Å²) in [5.74, 6) is -0.0337. The lowest BCUT2D eigenvalue weighted by Crippen LogP contribution is -2.39. The van der Waals surface area contributed by atoms with Crippen LogP contribution in [0.4, 0.5) is 18.9 Å². The third kappa shape index (κ3) is 3.22. The van der Waals surface area contributed by atoms with Crippen molar-refractivity contribution in [2.45, 2.75) is 22.7 Å². The van der Waals surface area contributed by atoms with Crippen LogP contribution in [0, 0.1) is 0 Å². The van der Waals surface area contributed by atoms with Crippen LogP contribution < -0.4 is 4.90 Å². The van der Waals surface area contributed by atoms with Crippen molar-refractivity contribution < 1.29 is 18.0 Å². The molecule has 0 saturated carbocycles. The Kier molecular flexibility index (Phi) is 4.10. The van der Waals surface area contributed by atoms with Gasteiger partial charge in [-0.3, -0.25) is 4.79 Å². The predicted octanol–water partition coefficient (Wildman–Crippen LogP) is 4.39. The molecule has 0 fully saturated rings. The van der Waals surface area contributed by atoms with Crippen molar-refractivity contribution in [1.29, 1.82) is 0 Å². The molecule has 1 atom stereocenters. The van der Waals surface area contributed by atoms with Gasteiger partial charge in [-0.2, -0.15) is 13.2 Å². The zero-order chi connectivity index (χ0) is 16.6. The average molecular weight is 337 g/mol. The highest BCUT2D eigenvalue weighted by molar-refractivity contribution is 8.01. The van der Waals surface area contributed by atoms with Gasteiger partial charge in [0.2, 0.25) is 5.91 Å². The summed E-state index contributed by atoms with van der Waals surface area (Å²) >= 11 is 1.46. The number of hydrogen-bond acceptors (Lipinski definition) is 2. The molecule has 2 aromatic rings. The van der Waals surface area contributed by atoms with Gasteiger partial charge in [0.15, 0.2) is 0 Å². The van der Waals surface area contributed by atoms with Crippen LogP contribution in [0.15, 0.2) is 53.4 Å². The van der Waals surface area contributed by atoms with Gasteiger partial charge in [-0.1, -0.05) is 24.3 Å². The Labute approximate surface area is 136 Å². The van der Waals surface area contributed by atoms with Crippen LogP contribution in [-0.2, 0) is 17.4 Å². The van der Waals surface area contributed by atoms with Gasteiger partial charge < -0.3 is 4.90 Å². The maximum Gasteiger partial charge on any atom is 0.416 e. The molecule has 23 heavy (non-hydrogen) atoms. The molecule has 0 radical (unpaired) electrons. The van der Waals surface area contributed by atoms with E-state index in [-0.39, 0.29) is 11.2 Å². The maximum absolute atomic E-state index is 12.6. The van der Waals surface area contributed by atoms with Gasteiger partial charge >= 0.3 is 6.18 Å². The largest absolute Gasteiger partial charge is 0.416 e. The van der Waals surface area contributed by atoms with E-state index >= 15 is 0 Å². The van der Waals surface area contributed by atoms with Gasteiger partial charge in [-0.25, -0.2) is 0 Å². The van der Waals surface area contributed by atoms with E-state index in [1.165, 1.54) is 23.9 Å². The van der Waals surface area contributed by atoms with Crippen molar-refractivity contribution in [2.75, 3.05) is 11.9 Å². The summed E-state index contributed by atoms with van der Waals surface area (Å²) in [5, 5.41) is -0.327. The second-order valence-electron chi connectivity index (χ2n) is 5.37. The number of nitrogens with zero attached hydrogens (tertiary/aromatic N) is 1. The number of alkyl halides is 3. The highest BCUT2D eigenvalue weighted by Crippen LogP contribution is 2.39. The first-order valence-electron chi connectivity index (χ1n) is 7.05. The molecule has 0 bridgehead atoms. The SMILES string of the molecule is CN1C(=O)C(Cc2ccc(C(F)(F)F)cc2)Sc2ccccc21. The van der Waals surface area contributed by atoms with E-state index in [0.717, 1.165) is 28.3 Å². The van der Waals surface area contributed by atoms with Crippen LogP contribution in [0.5, 0.6) is 0 Å². The summed E-state index contributed by atoms with van der Waals surface area (Å²) in [5.41, 5.74) is 0.911. The smallest absolute Gasteiger partial charge is 0.313 e. The lowest BCUT2D eigenvalue weighted by atomic mass is 10.1. The molecule has 3 rings (SSSR count). The lowest BCUT2D eigenvalue weighted by molar-refractivity contribution is -0.137. The second-order valence-corrected chi connectivity index (χ2v) is 6.61. The van der Waals surface area contributed by atoms with E-state index in [1.54, 1.807) is 11.9 Å². The molecule has 1 aliphatic rings. The zero-order valence-corrected chi connectivity index (χ0v) is 13.1. The minimum Gasteiger partial charge on any atom is -0.313 e. The van der Waals surface area contributed by atoms with E-state index in [4.69, 9.17) is 0 Å². The molecule has 6 heteroatoms. The molecular formula is C17H14F3NOS. The fourth-order valence-corrected chi connectivity index (χ4v) is 3.87. The van der Waals surface area contributed by atoms with Crippen LogP contribution in [0.2, 0.25) is 0 Å². The Morgan fingerprint density at radius 2 is 1.74 bits per heavy atom. The fourth-order valence-electron chi connectivity index (χ4n) is 2.55. The lowest BCUT2D eigenvalue weighted by Gasteiger charge is -2.31. The molecule has 1 unspecified atom stereocenters. The standard InChI is InChI=1S/C17H14F3NOS/c1-21-13-4-2-3-5-14(13)23-15(16(21)22)10-11-6-8-12(9-7-11)17(18,19)20/h2-9,15H,10H2,1H3. The minimum absolute atomic E-state index is 0.0337. The number of anilines is 1. The number of para-hydroxylation sites is 1. The van der Waals surface area contributed by atoms with Gasteiger partial charge in [0.05, 0.1) is 16.5 Å². The zero-order valence-electron chi connectivity index (χ0n) is 12.3. The molecule has 2 aromatic carbocycles. The number of hydrogen-bond donors (Lipinski definition) is 0. The number of carbonyl (C=O) groups excluding carboxylic acids is 1. The Morgan fingerprint density at radius 3 is 2.39 bits per heavy atom. The highest BCUT2D eigenvalue weighted by atomic mass is 32.2. The minimum atomic E-state index is -4.34. The number of rotatable bonds is 2. The Balaban J connectivity index is 1.80. The van der Waals surface area contributed by atoms with Gasteiger partial charge in [-0.15, -0.1) is 11.8 Å². The topological polar surface area (TPSA) is 20.3 Å². The monoisotopic (exact) mass is 337 g/mol. The Bertz CT molecular complexity index is 727. The van der Waals surface area contributed by atoms with Crippen molar-refractivity contribution in [3.05, 3.63) is 59.7 Å². The first-order valence-corrected chi connectivity index (χ1v) is 7.93. The molecule has 1 amide bonds. The first-order chi connectivity index (χ1) is 10.9. The van der Waals surface area contributed by atoms with Crippen LogP contribution >= 0.6 is 11.8 Å². The number of amides is 1. The van der Waals surface area contributed by atoms with E-state index in [9.17, 15) is 18.0 Å². The fraction of sp³-hybridized carbons (Fsp3) is 0.235. The van der Waals surface area contributed by atoms with E-state index in [1.807, 2.05) is 24.3 Å². The van der Waals surface area contributed by atoms with Crippen molar-refractivity contribution in [3.8, 4) is 0 Å². The number of benzene rings is 2. The second kappa shape index (κ2) is 5.92. The number of fused-ring (bicyclic) bond motifs is 1. The molecule has 0 saturated heterocycles. The highest BCUT2D eigenvalue weighted by Gasteiger charge is 2.32. The number of thioether (sulfide) groups is 1. The quantitative estimate of drug-likeness (QED) is 0.810. The van der Waals surface area contributed by atoms with Crippen molar-refractivity contribution in [1.82, 2.24) is 0 Å². The number of carbonyl (C=O) groups is 1. The molecule has 1 aliphatic heterocycles. The molecule has 1 heterocycles. The third-order valence-electron chi connectivity index (χ3n) is 3.80. The molecular weight excluding hydrogens is 323 g/mol. The van der Waals surface area contributed by atoms with E-state index in [2.05, 4.69) is 0 Å². The van der Waals surface area contributed by atoms with Crippen molar-refractivity contribution in [2.24, 2.45) is 0 Å². The van der Waals surface area contributed by atoms with Gasteiger partial charge in [0.25, 0.3) is 0 Å². The molecule has 120 valence electrons. The summed E-state index contributed by atoms with van der Waals surface area (Å²) in [6.07, 6.45) is -3.94. The summed E-state index contributed by atoms with van der Waals surface area (Å²) in [6.45, 7) is 0. The molecule has 0 N–H and O–H groups in total.